The van der Waals surface area contributed by atoms with Gasteiger partial charge in [0.1, 0.15) is 28.3 Å². The summed E-state index contributed by atoms with van der Waals surface area (Å²) in [6.45, 7) is 0. The van der Waals surface area contributed by atoms with Gasteiger partial charge in [0, 0.05) is 6.07 Å². The Morgan fingerprint density at radius 3 is 2.58 bits per heavy atom. The maximum Gasteiger partial charge on any atom is 0.501 e. The van der Waals surface area contributed by atoms with Crippen LogP contribution < -0.4 is 4.74 Å². The number of H-pyrrole nitrogens is 1. The van der Waals surface area contributed by atoms with E-state index < -0.39 is 26.1 Å². The Kier molecular flexibility index (Phi) is 4.08. The minimum Gasteiger partial charge on any atom is -0.457 e. The molecule has 3 aromatic rings. The van der Waals surface area contributed by atoms with Crippen LogP contribution in [0.4, 0.5) is 17.6 Å². The Labute approximate surface area is 143 Å². The summed E-state index contributed by atoms with van der Waals surface area (Å²) in [5.74, 6) is -0.748. The molecule has 26 heavy (non-hydrogen) atoms. The first-order valence-corrected chi connectivity index (χ1v) is 8.28. The Morgan fingerprint density at radius 1 is 1.19 bits per heavy atom. The normalized spacial score (nSPS) is 12.1. The molecule has 11 heteroatoms. The Hall–Kier alpha value is -3.13. The van der Waals surface area contributed by atoms with Crippen LogP contribution in [0.15, 0.2) is 41.4 Å². The molecule has 0 saturated heterocycles. The highest BCUT2D eigenvalue weighted by Crippen LogP contribution is 2.38. The number of fused-ring (bicyclic) bond motifs is 1. The number of sulfone groups is 1. The third-order valence-corrected chi connectivity index (χ3v) is 4.95. The summed E-state index contributed by atoms with van der Waals surface area (Å²) in [5, 5.41) is 14.5. The number of nitrogens with one attached hydrogen (secondary N) is 1. The number of hydrogen-bond acceptors (Lipinski definition) is 5. The zero-order valence-corrected chi connectivity index (χ0v) is 13.3. The van der Waals surface area contributed by atoms with Gasteiger partial charge in [-0.05, 0) is 24.3 Å². The van der Waals surface area contributed by atoms with E-state index in [1.165, 1.54) is 6.07 Å². The van der Waals surface area contributed by atoms with Crippen molar-refractivity contribution in [3.8, 4) is 17.6 Å². The van der Waals surface area contributed by atoms with E-state index in [2.05, 4.69) is 10.2 Å². The van der Waals surface area contributed by atoms with Crippen molar-refractivity contribution < 1.29 is 30.7 Å². The molecule has 0 aliphatic rings. The maximum absolute atomic E-state index is 13.3. The van der Waals surface area contributed by atoms with Gasteiger partial charge in [0.25, 0.3) is 9.84 Å². The van der Waals surface area contributed by atoms with Gasteiger partial charge >= 0.3 is 5.51 Å². The second-order valence-electron chi connectivity index (χ2n) is 5.03. The lowest BCUT2D eigenvalue weighted by Crippen LogP contribution is -2.23. The maximum atomic E-state index is 13.3. The van der Waals surface area contributed by atoms with Crippen molar-refractivity contribution in [3.63, 3.8) is 0 Å². The molecule has 1 aromatic heterocycles. The summed E-state index contributed by atoms with van der Waals surface area (Å²) in [5.41, 5.74) is -6.16. The number of hydrogen-bond donors (Lipinski definition) is 1. The largest absolute Gasteiger partial charge is 0.501 e. The SMILES string of the molecule is N#Cc1cc(Oc2ccc(S(=O)(=O)C(F)(F)F)c3[nH]ncc23)ccc1F. The first-order valence-electron chi connectivity index (χ1n) is 6.80. The van der Waals surface area contributed by atoms with Crippen molar-refractivity contribution in [3.05, 3.63) is 47.9 Å². The first-order chi connectivity index (χ1) is 12.1. The molecule has 1 heterocycles. The van der Waals surface area contributed by atoms with E-state index in [-0.39, 0.29) is 28.0 Å². The Bertz CT molecular complexity index is 1150. The van der Waals surface area contributed by atoms with Crippen molar-refractivity contribution in [2.45, 2.75) is 10.4 Å². The van der Waals surface area contributed by atoms with E-state index >= 15 is 0 Å². The topological polar surface area (TPSA) is 95.8 Å². The fourth-order valence-electron chi connectivity index (χ4n) is 2.20. The predicted octanol–water partition coefficient (Wildman–Crippen LogP) is 3.66. The number of halogens is 4. The van der Waals surface area contributed by atoms with Gasteiger partial charge in [0.15, 0.2) is 0 Å². The number of nitrogens with zero attached hydrogens (tertiary/aromatic N) is 2. The molecule has 2 aromatic carbocycles. The lowest BCUT2D eigenvalue weighted by molar-refractivity contribution is -0.0435. The Balaban J connectivity index is 2.10. The third-order valence-electron chi connectivity index (χ3n) is 3.42. The van der Waals surface area contributed by atoms with Crippen LogP contribution in [0.5, 0.6) is 11.5 Å². The number of nitriles is 1. The second kappa shape index (κ2) is 5.99. The zero-order valence-electron chi connectivity index (χ0n) is 12.5. The number of aromatic nitrogens is 2. The summed E-state index contributed by atoms with van der Waals surface area (Å²) in [6.07, 6.45) is 1.09. The quantitative estimate of drug-likeness (QED) is 0.694. The number of rotatable bonds is 3. The van der Waals surface area contributed by atoms with Crippen LogP contribution in [0.1, 0.15) is 5.56 Å². The van der Waals surface area contributed by atoms with Crippen LogP contribution in [-0.2, 0) is 9.84 Å². The van der Waals surface area contributed by atoms with E-state index in [4.69, 9.17) is 10.00 Å². The van der Waals surface area contributed by atoms with Crippen molar-refractivity contribution >= 4 is 20.7 Å². The molecule has 3 rings (SSSR count). The summed E-state index contributed by atoms with van der Waals surface area (Å²) >= 11 is 0. The third kappa shape index (κ3) is 2.84. The molecule has 0 radical (unpaired) electrons. The average molecular weight is 385 g/mol. The average Bonchev–Trinajstić information content (AvgIpc) is 3.05. The molecule has 0 amide bonds. The molecule has 6 nitrogen and oxygen atoms in total. The summed E-state index contributed by atoms with van der Waals surface area (Å²) in [7, 11) is -5.60. The smallest absolute Gasteiger partial charge is 0.457 e. The fraction of sp³-hybridized carbons (Fsp3) is 0.0667. The number of benzene rings is 2. The molecular formula is C15H7F4N3O3S. The molecule has 0 atom stereocenters. The molecule has 0 aliphatic carbocycles. The van der Waals surface area contributed by atoms with E-state index in [0.717, 1.165) is 30.5 Å². The summed E-state index contributed by atoms with van der Waals surface area (Å²) in [4.78, 5) is -0.998. The molecule has 0 fully saturated rings. The van der Waals surface area contributed by atoms with Crippen molar-refractivity contribution in [1.29, 1.82) is 5.26 Å². The fourth-order valence-corrected chi connectivity index (χ4v) is 3.12. The molecule has 0 saturated carbocycles. The van der Waals surface area contributed by atoms with Crippen molar-refractivity contribution in [1.82, 2.24) is 10.2 Å². The molecule has 0 spiro atoms. The minimum atomic E-state index is -5.60. The van der Waals surface area contributed by atoms with Gasteiger partial charge in [0.2, 0.25) is 0 Å². The van der Waals surface area contributed by atoms with E-state index in [9.17, 15) is 26.0 Å². The lowest BCUT2D eigenvalue weighted by Gasteiger charge is -2.11. The first kappa shape index (κ1) is 17.7. The van der Waals surface area contributed by atoms with Crippen LogP contribution in [-0.4, -0.2) is 24.1 Å². The highest BCUT2D eigenvalue weighted by molar-refractivity contribution is 7.92. The molecule has 0 bridgehead atoms. The molecule has 0 unspecified atom stereocenters. The molecule has 134 valence electrons. The van der Waals surface area contributed by atoms with Crippen LogP contribution >= 0.6 is 0 Å². The highest BCUT2D eigenvalue weighted by Gasteiger charge is 2.48. The van der Waals surface area contributed by atoms with Crippen LogP contribution in [0, 0.1) is 17.1 Å². The van der Waals surface area contributed by atoms with E-state index in [1.54, 1.807) is 6.07 Å². The van der Waals surface area contributed by atoms with Gasteiger partial charge in [-0.2, -0.15) is 23.5 Å². The molecule has 0 aliphatic heterocycles. The molecular weight excluding hydrogens is 378 g/mol. The lowest BCUT2D eigenvalue weighted by atomic mass is 10.2. The number of alkyl halides is 3. The summed E-state index contributed by atoms with van der Waals surface area (Å²) < 4.78 is 80.5. The van der Waals surface area contributed by atoms with Crippen molar-refractivity contribution in [2.24, 2.45) is 0 Å². The van der Waals surface area contributed by atoms with Crippen LogP contribution in [0.3, 0.4) is 0 Å². The van der Waals surface area contributed by atoms with Gasteiger partial charge in [-0.15, -0.1) is 0 Å². The van der Waals surface area contributed by atoms with Crippen LogP contribution in [0.2, 0.25) is 0 Å². The van der Waals surface area contributed by atoms with Crippen LogP contribution in [0.25, 0.3) is 10.9 Å². The summed E-state index contributed by atoms with van der Waals surface area (Å²) in [6, 6.07) is 6.67. The minimum absolute atomic E-state index is 0.0228. The van der Waals surface area contributed by atoms with E-state index in [0.29, 0.717) is 0 Å². The number of aromatic amines is 1. The number of ether oxygens (including phenoxy) is 1. The van der Waals surface area contributed by atoms with Gasteiger partial charge < -0.3 is 4.74 Å². The van der Waals surface area contributed by atoms with Crippen molar-refractivity contribution in [2.75, 3.05) is 0 Å². The Morgan fingerprint density at radius 2 is 1.92 bits per heavy atom. The highest BCUT2D eigenvalue weighted by atomic mass is 32.2. The zero-order chi connectivity index (χ0) is 19.1. The standard InChI is InChI=1S/C15H7F4N3O3S/c16-11-2-1-9(5-8(11)6-20)25-12-3-4-13(14-10(12)7-21-22-14)26(23,24)15(17,18)19/h1-5,7H,(H,21,22). The van der Waals surface area contributed by atoms with Gasteiger partial charge in [-0.1, -0.05) is 0 Å². The van der Waals surface area contributed by atoms with E-state index in [1.807, 2.05) is 0 Å². The van der Waals surface area contributed by atoms with Gasteiger partial charge in [-0.25, -0.2) is 12.8 Å². The van der Waals surface area contributed by atoms with Gasteiger partial charge in [0.05, 0.1) is 22.7 Å². The van der Waals surface area contributed by atoms with Gasteiger partial charge in [-0.3, -0.25) is 5.10 Å². The second-order valence-corrected chi connectivity index (χ2v) is 6.93. The predicted molar refractivity (Wildman–Crippen MR) is 80.5 cm³/mol. The monoisotopic (exact) mass is 385 g/mol. The molecule has 1 N–H and O–H groups in total.